The standard InChI is InChI=1S/C14H16O2S/c15-11-5-3-7-14(16,9-11)13-8-10-4-1-2-6-12(10)17-13/h1-2,4,6,8,11,15-16H,3,5,7,9H2. The Labute approximate surface area is 105 Å². The predicted molar refractivity (Wildman–Crippen MR) is 70.2 cm³/mol. The second-order valence-electron chi connectivity index (χ2n) is 4.93. The molecule has 2 unspecified atom stereocenters. The lowest BCUT2D eigenvalue weighted by atomic mass is 9.82. The highest BCUT2D eigenvalue weighted by molar-refractivity contribution is 7.19. The van der Waals surface area contributed by atoms with Crippen LogP contribution < -0.4 is 0 Å². The van der Waals surface area contributed by atoms with Gasteiger partial charge in [0.05, 0.1) is 6.10 Å². The summed E-state index contributed by atoms with van der Waals surface area (Å²) in [4.78, 5) is 0.998. The first-order valence-electron chi connectivity index (χ1n) is 6.07. The van der Waals surface area contributed by atoms with Crippen LogP contribution in [0.4, 0.5) is 0 Å². The van der Waals surface area contributed by atoms with Crippen LogP contribution in [0, 0.1) is 0 Å². The lowest BCUT2D eigenvalue weighted by Gasteiger charge is -2.33. The fourth-order valence-electron chi connectivity index (χ4n) is 2.66. The maximum Gasteiger partial charge on any atom is 0.101 e. The van der Waals surface area contributed by atoms with Gasteiger partial charge in [0.1, 0.15) is 5.60 Å². The quantitative estimate of drug-likeness (QED) is 0.814. The van der Waals surface area contributed by atoms with Crippen LogP contribution in [0.1, 0.15) is 30.6 Å². The van der Waals surface area contributed by atoms with Gasteiger partial charge in [-0.15, -0.1) is 11.3 Å². The molecule has 2 nitrogen and oxygen atoms in total. The molecule has 2 N–H and O–H groups in total. The maximum atomic E-state index is 10.7. The van der Waals surface area contributed by atoms with Crippen molar-refractivity contribution in [2.24, 2.45) is 0 Å². The zero-order valence-corrected chi connectivity index (χ0v) is 10.4. The van der Waals surface area contributed by atoms with Crippen molar-refractivity contribution in [3.8, 4) is 0 Å². The fourth-order valence-corrected chi connectivity index (χ4v) is 3.85. The topological polar surface area (TPSA) is 40.5 Å². The summed E-state index contributed by atoms with van der Waals surface area (Å²) in [5.74, 6) is 0. The third-order valence-corrected chi connectivity index (χ3v) is 4.89. The Hall–Kier alpha value is -0.900. The number of rotatable bonds is 1. The highest BCUT2D eigenvalue weighted by atomic mass is 32.1. The molecule has 1 saturated carbocycles. The monoisotopic (exact) mass is 248 g/mol. The van der Waals surface area contributed by atoms with Crippen molar-refractivity contribution in [3.05, 3.63) is 35.2 Å². The molecular weight excluding hydrogens is 232 g/mol. The van der Waals surface area contributed by atoms with Gasteiger partial charge in [0.2, 0.25) is 0 Å². The van der Waals surface area contributed by atoms with Gasteiger partial charge in [-0.25, -0.2) is 0 Å². The predicted octanol–water partition coefficient (Wildman–Crippen LogP) is 3.02. The van der Waals surface area contributed by atoms with Crippen LogP contribution in [0.5, 0.6) is 0 Å². The van der Waals surface area contributed by atoms with Crippen molar-refractivity contribution >= 4 is 21.4 Å². The highest BCUT2D eigenvalue weighted by Crippen LogP contribution is 2.42. The van der Waals surface area contributed by atoms with E-state index >= 15 is 0 Å². The smallest absolute Gasteiger partial charge is 0.101 e. The molecule has 1 aromatic carbocycles. The normalized spacial score (nSPS) is 29.6. The molecule has 1 aliphatic carbocycles. The zero-order chi connectivity index (χ0) is 11.9. The lowest BCUT2D eigenvalue weighted by molar-refractivity contribution is -0.0472. The zero-order valence-electron chi connectivity index (χ0n) is 9.60. The van der Waals surface area contributed by atoms with E-state index in [1.165, 1.54) is 10.1 Å². The van der Waals surface area contributed by atoms with Crippen molar-refractivity contribution in [2.45, 2.75) is 37.4 Å². The van der Waals surface area contributed by atoms with E-state index in [1.54, 1.807) is 11.3 Å². The van der Waals surface area contributed by atoms with Gasteiger partial charge in [-0.3, -0.25) is 0 Å². The minimum Gasteiger partial charge on any atom is -0.393 e. The van der Waals surface area contributed by atoms with Gasteiger partial charge >= 0.3 is 0 Å². The molecule has 1 aliphatic rings. The Bertz CT molecular complexity index is 501. The van der Waals surface area contributed by atoms with E-state index < -0.39 is 5.60 Å². The number of hydrogen-bond donors (Lipinski definition) is 2. The maximum absolute atomic E-state index is 10.7. The molecule has 3 heteroatoms. The molecule has 2 aromatic rings. The molecule has 0 radical (unpaired) electrons. The lowest BCUT2D eigenvalue weighted by Crippen LogP contribution is -2.34. The van der Waals surface area contributed by atoms with Gasteiger partial charge in [-0.2, -0.15) is 0 Å². The second kappa shape index (κ2) is 4.09. The van der Waals surface area contributed by atoms with Crippen molar-refractivity contribution in [1.29, 1.82) is 0 Å². The minimum absolute atomic E-state index is 0.362. The third kappa shape index (κ3) is 1.99. The summed E-state index contributed by atoms with van der Waals surface area (Å²) in [5.41, 5.74) is -0.818. The van der Waals surface area contributed by atoms with Crippen molar-refractivity contribution in [2.75, 3.05) is 0 Å². The Kier molecular flexibility index (Phi) is 2.69. The molecule has 90 valence electrons. The van der Waals surface area contributed by atoms with Crippen LogP contribution in [0.2, 0.25) is 0 Å². The Morgan fingerprint density at radius 3 is 2.88 bits per heavy atom. The van der Waals surface area contributed by atoms with Crippen molar-refractivity contribution < 1.29 is 10.2 Å². The van der Waals surface area contributed by atoms with Crippen molar-refractivity contribution in [3.63, 3.8) is 0 Å². The van der Waals surface area contributed by atoms with Gasteiger partial charge in [0, 0.05) is 16.0 Å². The average Bonchev–Trinajstić information content (AvgIpc) is 2.73. The summed E-state index contributed by atoms with van der Waals surface area (Å²) in [6.45, 7) is 0. The number of aliphatic hydroxyl groups is 2. The summed E-state index contributed by atoms with van der Waals surface area (Å²) in [5, 5.41) is 21.6. The van der Waals surface area contributed by atoms with E-state index in [-0.39, 0.29) is 6.10 Å². The van der Waals surface area contributed by atoms with Crippen LogP contribution in [-0.2, 0) is 5.60 Å². The molecule has 3 rings (SSSR count). The number of aliphatic hydroxyl groups excluding tert-OH is 1. The largest absolute Gasteiger partial charge is 0.393 e. The third-order valence-electron chi connectivity index (χ3n) is 3.59. The van der Waals surface area contributed by atoms with E-state index in [9.17, 15) is 10.2 Å². The number of hydrogen-bond acceptors (Lipinski definition) is 3. The minimum atomic E-state index is -0.818. The highest BCUT2D eigenvalue weighted by Gasteiger charge is 2.36. The SMILES string of the molecule is OC1CCCC(O)(c2cc3ccccc3s2)C1. The molecule has 17 heavy (non-hydrogen) atoms. The van der Waals surface area contributed by atoms with Gasteiger partial charge in [0.25, 0.3) is 0 Å². The van der Waals surface area contributed by atoms with Crippen LogP contribution in [-0.4, -0.2) is 16.3 Å². The molecule has 0 spiro atoms. The van der Waals surface area contributed by atoms with Crippen molar-refractivity contribution in [1.82, 2.24) is 0 Å². The van der Waals surface area contributed by atoms with E-state index in [0.29, 0.717) is 6.42 Å². The first-order valence-corrected chi connectivity index (χ1v) is 6.88. The molecule has 2 atom stereocenters. The molecule has 1 fully saturated rings. The molecule has 1 aromatic heterocycles. The van der Waals surface area contributed by atoms with Crippen LogP contribution in [0.3, 0.4) is 0 Å². The first-order chi connectivity index (χ1) is 8.17. The Balaban J connectivity index is 2.02. The number of fused-ring (bicyclic) bond motifs is 1. The average molecular weight is 248 g/mol. The Morgan fingerprint density at radius 2 is 2.12 bits per heavy atom. The molecule has 0 amide bonds. The molecular formula is C14H16O2S. The van der Waals surface area contributed by atoms with Crippen LogP contribution >= 0.6 is 11.3 Å². The number of thiophene rings is 1. The van der Waals surface area contributed by atoms with Crippen LogP contribution in [0.15, 0.2) is 30.3 Å². The fraction of sp³-hybridized carbons (Fsp3) is 0.429. The summed E-state index contributed by atoms with van der Waals surface area (Å²) in [7, 11) is 0. The van der Waals surface area contributed by atoms with E-state index in [0.717, 1.165) is 24.1 Å². The first kappa shape index (κ1) is 11.2. The van der Waals surface area contributed by atoms with Gasteiger partial charge in [0.15, 0.2) is 0 Å². The molecule has 0 aliphatic heterocycles. The van der Waals surface area contributed by atoms with E-state index in [2.05, 4.69) is 18.2 Å². The van der Waals surface area contributed by atoms with Crippen LogP contribution in [0.25, 0.3) is 10.1 Å². The van der Waals surface area contributed by atoms with Gasteiger partial charge in [-0.05, 0) is 36.8 Å². The van der Waals surface area contributed by atoms with E-state index in [1.807, 2.05) is 12.1 Å². The summed E-state index contributed by atoms with van der Waals surface area (Å²) in [6.07, 6.45) is 2.58. The Morgan fingerprint density at radius 1 is 1.29 bits per heavy atom. The molecule has 0 saturated heterocycles. The molecule has 0 bridgehead atoms. The second-order valence-corrected chi connectivity index (χ2v) is 6.01. The number of benzene rings is 1. The van der Waals surface area contributed by atoms with Gasteiger partial charge in [-0.1, -0.05) is 18.2 Å². The summed E-state index contributed by atoms with van der Waals surface area (Å²) in [6, 6.07) is 10.2. The van der Waals surface area contributed by atoms with Gasteiger partial charge < -0.3 is 10.2 Å². The summed E-state index contributed by atoms with van der Waals surface area (Å²) < 4.78 is 1.20. The van der Waals surface area contributed by atoms with E-state index in [4.69, 9.17) is 0 Å². The molecule has 1 heterocycles. The summed E-state index contributed by atoms with van der Waals surface area (Å²) >= 11 is 1.64.